The van der Waals surface area contributed by atoms with Crippen molar-refractivity contribution in [3.8, 4) is 11.4 Å². The molecule has 0 aliphatic carbocycles. The zero-order valence-corrected chi connectivity index (χ0v) is 15.4. The van der Waals surface area contributed by atoms with Crippen LogP contribution in [0.3, 0.4) is 0 Å². The number of Topliss-reactive ketones (excluding diaryl/α,β-unsaturated/α-hetero) is 1. The molecule has 3 aromatic rings. The molecule has 1 aliphatic rings. The van der Waals surface area contributed by atoms with Crippen molar-refractivity contribution < 1.29 is 4.79 Å². The van der Waals surface area contributed by atoms with Crippen LogP contribution in [0.1, 0.15) is 44.0 Å². The zero-order valence-electron chi connectivity index (χ0n) is 15.4. The van der Waals surface area contributed by atoms with Crippen molar-refractivity contribution >= 4 is 22.6 Å². The summed E-state index contributed by atoms with van der Waals surface area (Å²) < 4.78 is 0. The number of carbonyl (C=O) groups is 1. The molecule has 0 bridgehead atoms. The second-order valence-electron chi connectivity index (χ2n) is 7.83. The molecule has 134 valence electrons. The highest BCUT2D eigenvalue weighted by Gasteiger charge is 2.26. The topological polar surface area (TPSA) is 74.8 Å². The van der Waals surface area contributed by atoms with Gasteiger partial charge in [-0.2, -0.15) is 0 Å². The van der Waals surface area contributed by atoms with Crippen LogP contribution in [0.4, 0.5) is 5.69 Å². The van der Waals surface area contributed by atoms with Gasteiger partial charge in [-0.1, -0.05) is 20.8 Å². The molecule has 0 aromatic carbocycles. The van der Waals surface area contributed by atoms with Gasteiger partial charge in [-0.25, -0.2) is 9.97 Å². The summed E-state index contributed by atoms with van der Waals surface area (Å²) in [5.74, 6) is 0.0500. The number of nitrogens with zero attached hydrogens (tertiary/aromatic N) is 4. The van der Waals surface area contributed by atoms with E-state index in [1.807, 2.05) is 33.0 Å². The SMILES string of the molecule is CC(C)(C)C(=O)c1c[nH]c2ncc(-c3cc(N4CCCC4)ccn3)nc12. The number of rotatable bonds is 3. The number of hydrogen-bond acceptors (Lipinski definition) is 5. The first kappa shape index (κ1) is 16.7. The van der Waals surface area contributed by atoms with Gasteiger partial charge in [-0.15, -0.1) is 0 Å². The summed E-state index contributed by atoms with van der Waals surface area (Å²) in [6.07, 6.45) is 7.68. The molecular weight excluding hydrogens is 326 g/mol. The van der Waals surface area contributed by atoms with Gasteiger partial charge in [0.25, 0.3) is 0 Å². The maximum Gasteiger partial charge on any atom is 0.171 e. The number of aromatic nitrogens is 4. The lowest BCUT2D eigenvalue weighted by molar-refractivity contribution is 0.0860. The second-order valence-corrected chi connectivity index (χ2v) is 7.83. The standard InChI is InChI=1S/C20H23N5O/c1-20(2,3)18(26)14-11-22-19-17(14)24-16(12-23-19)15-10-13(6-7-21-15)25-8-4-5-9-25/h6-7,10-12H,4-5,8-9H2,1-3H3,(H,22,23). The van der Waals surface area contributed by atoms with Gasteiger partial charge in [0.15, 0.2) is 11.4 Å². The van der Waals surface area contributed by atoms with E-state index in [-0.39, 0.29) is 5.78 Å². The molecule has 0 amide bonds. The van der Waals surface area contributed by atoms with E-state index in [0.717, 1.165) is 24.5 Å². The molecule has 26 heavy (non-hydrogen) atoms. The first-order valence-electron chi connectivity index (χ1n) is 9.04. The normalized spacial score (nSPS) is 15.0. The lowest BCUT2D eigenvalue weighted by Gasteiger charge is -2.17. The molecule has 6 nitrogen and oxygen atoms in total. The van der Waals surface area contributed by atoms with E-state index in [2.05, 4.69) is 25.9 Å². The minimum Gasteiger partial charge on any atom is -0.371 e. The Balaban J connectivity index is 1.76. The Morgan fingerprint density at radius 1 is 1.15 bits per heavy atom. The maximum absolute atomic E-state index is 12.7. The molecule has 0 unspecified atom stereocenters. The Labute approximate surface area is 152 Å². The minimum absolute atomic E-state index is 0.0500. The van der Waals surface area contributed by atoms with Gasteiger partial charge in [-0.05, 0) is 25.0 Å². The fraction of sp³-hybridized carbons (Fsp3) is 0.400. The van der Waals surface area contributed by atoms with Gasteiger partial charge in [0.1, 0.15) is 11.2 Å². The number of aromatic amines is 1. The Morgan fingerprint density at radius 3 is 2.65 bits per heavy atom. The van der Waals surface area contributed by atoms with Crippen LogP contribution >= 0.6 is 0 Å². The van der Waals surface area contributed by atoms with Gasteiger partial charge in [-0.3, -0.25) is 9.78 Å². The molecule has 0 spiro atoms. The highest BCUT2D eigenvalue weighted by molar-refractivity contribution is 6.08. The monoisotopic (exact) mass is 349 g/mol. The van der Waals surface area contributed by atoms with Crippen molar-refractivity contribution in [3.63, 3.8) is 0 Å². The van der Waals surface area contributed by atoms with Crippen molar-refractivity contribution in [3.05, 3.63) is 36.3 Å². The van der Waals surface area contributed by atoms with Crippen LogP contribution in [0.15, 0.2) is 30.7 Å². The molecule has 1 fully saturated rings. The van der Waals surface area contributed by atoms with E-state index >= 15 is 0 Å². The van der Waals surface area contributed by atoms with E-state index in [4.69, 9.17) is 4.98 Å². The summed E-state index contributed by atoms with van der Waals surface area (Å²) in [4.78, 5) is 31.8. The summed E-state index contributed by atoms with van der Waals surface area (Å²) in [6.45, 7) is 7.89. The van der Waals surface area contributed by atoms with Crippen molar-refractivity contribution in [1.82, 2.24) is 19.9 Å². The summed E-state index contributed by atoms with van der Waals surface area (Å²) >= 11 is 0. The molecule has 1 N–H and O–H groups in total. The molecule has 1 aliphatic heterocycles. The van der Waals surface area contributed by atoms with Gasteiger partial charge in [0.2, 0.25) is 0 Å². The lowest BCUT2D eigenvalue weighted by atomic mass is 9.87. The average molecular weight is 349 g/mol. The number of fused-ring (bicyclic) bond motifs is 1. The summed E-state index contributed by atoms with van der Waals surface area (Å²) in [6, 6.07) is 4.09. The van der Waals surface area contributed by atoms with Crippen molar-refractivity contribution in [1.29, 1.82) is 0 Å². The molecule has 6 heteroatoms. The molecule has 4 rings (SSSR count). The van der Waals surface area contributed by atoms with Crippen molar-refractivity contribution in [2.24, 2.45) is 5.41 Å². The number of hydrogen-bond donors (Lipinski definition) is 1. The number of carbonyl (C=O) groups excluding carboxylic acids is 1. The van der Waals surface area contributed by atoms with Gasteiger partial charge < -0.3 is 9.88 Å². The van der Waals surface area contributed by atoms with E-state index in [9.17, 15) is 4.79 Å². The van der Waals surface area contributed by atoms with Crippen LogP contribution in [0.2, 0.25) is 0 Å². The predicted molar refractivity (Wildman–Crippen MR) is 102 cm³/mol. The Kier molecular flexibility index (Phi) is 3.98. The number of nitrogens with one attached hydrogen (secondary N) is 1. The van der Waals surface area contributed by atoms with Crippen LogP contribution in [0.5, 0.6) is 0 Å². The van der Waals surface area contributed by atoms with Gasteiger partial charge in [0, 0.05) is 36.6 Å². The smallest absolute Gasteiger partial charge is 0.171 e. The molecule has 0 atom stereocenters. The minimum atomic E-state index is -0.472. The Hall–Kier alpha value is -2.76. The molecule has 4 heterocycles. The molecular formula is C20H23N5O. The van der Waals surface area contributed by atoms with Crippen LogP contribution in [-0.2, 0) is 0 Å². The maximum atomic E-state index is 12.7. The number of ketones is 1. The molecule has 3 aromatic heterocycles. The fourth-order valence-electron chi connectivity index (χ4n) is 3.32. The fourth-order valence-corrected chi connectivity index (χ4v) is 3.32. The van der Waals surface area contributed by atoms with Crippen LogP contribution in [-0.4, -0.2) is 38.8 Å². The van der Waals surface area contributed by atoms with Crippen LogP contribution in [0.25, 0.3) is 22.6 Å². The van der Waals surface area contributed by atoms with Crippen LogP contribution in [0, 0.1) is 5.41 Å². The number of anilines is 1. The van der Waals surface area contributed by atoms with Crippen molar-refractivity contribution in [2.45, 2.75) is 33.6 Å². The molecule has 1 saturated heterocycles. The third-order valence-electron chi connectivity index (χ3n) is 4.78. The zero-order chi connectivity index (χ0) is 18.3. The average Bonchev–Trinajstić information content (AvgIpc) is 3.29. The summed E-state index contributed by atoms with van der Waals surface area (Å²) in [5, 5.41) is 0. The van der Waals surface area contributed by atoms with E-state index in [0.29, 0.717) is 22.4 Å². The van der Waals surface area contributed by atoms with Gasteiger partial charge >= 0.3 is 0 Å². The third kappa shape index (κ3) is 2.96. The van der Waals surface area contributed by atoms with E-state index in [1.165, 1.54) is 12.8 Å². The lowest BCUT2D eigenvalue weighted by Crippen LogP contribution is -2.20. The highest BCUT2D eigenvalue weighted by Crippen LogP contribution is 2.28. The van der Waals surface area contributed by atoms with Crippen LogP contribution < -0.4 is 4.90 Å². The predicted octanol–water partition coefficient (Wildman–Crippen LogP) is 3.85. The van der Waals surface area contributed by atoms with Gasteiger partial charge in [0.05, 0.1) is 17.5 Å². The molecule has 0 saturated carbocycles. The first-order chi connectivity index (χ1) is 12.4. The summed E-state index contributed by atoms with van der Waals surface area (Å²) in [7, 11) is 0. The third-order valence-corrected chi connectivity index (χ3v) is 4.78. The molecule has 0 radical (unpaired) electrons. The van der Waals surface area contributed by atoms with E-state index in [1.54, 1.807) is 12.4 Å². The Bertz CT molecular complexity index is 964. The largest absolute Gasteiger partial charge is 0.371 e. The highest BCUT2D eigenvalue weighted by atomic mass is 16.1. The van der Waals surface area contributed by atoms with Crippen molar-refractivity contribution in [2.75, 3.05) is 18.0 Å². The first-order valence-corrected chi connectivity index (χ1v) is 9.04. The quantitative estimate of drug-likeness (QED) is 0.727. The Morgan fingerprint density at radius 2 is 1.92 bits per heavy atom. The van der Waals surface area contributed by atoms with E-state index < -0.39 is 5.41 Å². The number of H-pyrrole nitrogens is 1. The number of pyridine rings is 1. The summed E-state index contributed by atoms with van der Waals surface area (Å²) in [5.41, 5.74) is 3.96. The second kappa shape index (κ2) is 6.20.